The van der Waals surface area contributed by atoms with Crippen LogP contribution in [0, 0.1) is 0 Å². The summed E-state index contributed by atoms with van der Waals surface area (Å²) in [6.07, 6.45) is -1.93. The number of aromatic nitrogens is 4. The predicted molar refractivity (Wildman–Crippen MR) is 102 cm³/mol. The van der Waals surface area contributed by atoms with E-state index in [2.05, 4.69) is 15.1 Å². The van der Waals surface area contributed by atoms with Crippen LogP contribution in [0.15, 0.2) is 59.8 Å². The van der Waals surface area contributed by atoms with Crippen molar-refractivity contribution >= 4 is 21.5 Å². The number of imidazole rings is 1. The minimum Gasteiger partial charge on any atom is -0.383 e. The third-order valence-electron chi connectivity index (χ3n) is 4.36. The zero-order valence-corrected chi connectivity index (χ0v) is 15.8. The molecule has 154 valence electrons. The molecule has 4 aromatic rings. The largest absolute Gasteiger partial charge is 0.419 e. The standard InChI is InChI=1S/C18H13F3N6O2S/c19-18(20,21)13-7-11(8-25-17(13)22)14-5-6-16-24-9-15(27(16)26-14)10-1-3-12(4-2-10)30(23,28)29/h1-9H,(H2,22,25)(H2,23,28,29). The fourth-order valence-electron chi connectivity index (χ4n) is 2.88. The van der Waals surface area contributed by atoms with Crippen LogP contribution in [0.3, 0.4) is 0 Å². The molecule has 0 aliphatic heterocycles. The maximum atomic E-state index is 13.1. The maximum Gasteiger partial charge on any atom is 0.419 e. The first kappa shape index (κ1) is 19.8. The molecular weight excluding hydrogens is 421 g/mol. The molecule has 0 radical (unpaired) electrons. The number of hydrogen-bond acceptors (Lipinski definition) is 6. The van der Waals surface area contributed by atoms with Gasteiger partial charge in [-0.15, -0.1) is 0 Å². The van der Waals surface area contributed by atoms with Crippen LogP contribution in [0.25, 0.3) is 28.2 Å². The molecule has 30 heavy (non-hydrogen) atoms. The van der Waals surface area contributed by atoms with E-state index < -0.39 is 27.6 Å². The molecule has 8 nitrogen and oxygen atoms in total. The Hall–Kier alpha value is -3.51. The predicted octanol–water partition coefficient (Wildman–Crippen LogP) is 2.71. The number of benzene rings is 1. The molecule has 0 bridgehead atoms. The average molecular weight is 434 g/mol. The van der Waals surface area contributed by atoms with Gasteiger partial charge in [-0.25, -0.2) is 28.0 Å². The summed E-state index contributed by atoms with van der Waals surface area (Å²) in [6, 6.07) is 9.74. The Balaban J connectivity index is 1.81. The van der Waals surface area contributed by atoms with E-state index in [-0.39, 0.29) is 16.2 Å². The maximum absolute atomic E-state index is 13.1. The first-order chi connectivity index (χ1) is 14.0. The van der Waals surface area contributed by atoms with E-state index in [9.17, 15) is 21.6 Å². The van der Waals surface area contributed by atoms with Crippen molar-refractivity contribution in [2.75, 3.05) is 5.73 Å². The van der Waals surface area contributed by atoms with Crippen LogP contribution >= 0.6 is 0 Å². The number of fused-ring (bicyclic) bond motifs is 1. The van der Waals surface area contributed by atoms with Crippen molar-refractivity contribution in [3.05, 3.63) is 60.4 Å². The van der Waals surface area contributed by atoms with Crippen molar-refractivity contribution in [2.24, 2.45) is 5.14 Å². The number of halogens is 3. The smallest absolute Gasteiger partial charge is 0.383 e. The van der Waals surface area contributed by atoms with Gasteiger partial charge in [0.15, 0.2) is 5.65 Å². The highest BCUT2D eigenvalue weighted by Gasteiger charge is 2.34. The first-order valence-corrected chi connectivity index (χ1v) is 9.90. The lowest BCUT2D eigenvalue weighted by molar-refractivity contribution is -0.137. The highest BCUT2D eigenvalue weighted by atomic mass is 32.2. The topological polar surface area (TPSA) is 129 Å². The first-order valence-electron chi connectivity index (χ1n) is 8.35. The molecule has 4 N–H and O–H groups in total. The summed E-state index contributed by atoms with van der Waals surface area (Å²) < 4.78 is 63.7. The Morgan fingerprint density at radius 2 is 1.63 bits per heavy atom. The molecule has 0 aliphatic rings. The Bertz CT molecular complexity index is 1370. The van der Waals surface area contributed by atoms with E-state index in [0.29, 0.717) is 16.9 Å². The number of pyridine rings is 1. The number of sulfonamides is 1. The molecule has 4 rings (SSSR count). The second kappa shape index (κ2) is 6.78. The van der Waals surface area contributed by atoms with Crippen LogP contribution in [0.5, 0.6) is 0 Å². The van der Waals surface area contributed by atoms with Crippen molar-refractivity contribution in [2.45, 2.75) is 11.1 Å². The van der Waals surface area contributed by atoms with Gasteiger partial charge in [-0.2, -0.15) is 18.3 Å². The fraction of sp³-hybridized carbons (Fsp3) is 0.0556. The summed E-state index contributed by atoms with van der Waals surface area (Å²) in [5.74, 6) is -0.620. The quantitative estimate of drug-likeness (QED) is 0.510. The van der Waals surface area contributed by atoms with Crippen LogP contribution in [0.2, 0.25) is 0 Å². The van der Waals surface area contributed by atoms with E-state index >= 15 is 0 Å². The molecule has 0 fully saturated rings. The zero-order valence-electron chi connectivity index (χ0n) is 15.0. The monoisotopic (exact) mass is 434 g/mol. The van der Waals surface area contributed by atoms with Gasteiger partial charge in [0.2, 0.25) is 10.0 Å². The lowest BCUT2D eigenvalue weighted by atomic mass is 10.1. The minimum atomic E-state index is -4.65. The molecular formula is C18H13F3N6O2S. The number of nitrogens with two attached hydrogens (primary N) is 2. The van der Waals surface area contributed by atoms with Crippen LogP contribution < -0.4 is 10.9 Å². The molecule has 0 saturated heterocycles. The second-order valence-corrected chi connectivity index (χ2v) is 7.92. The van der Waals surface area contributed by atoms with Gasteiger partial charge in [-0.3, -0.25) is 0 Å². The van der Waals surface area contributed by atoms with E-state index in [1.807, 2.05) is 0 Å². The molecule has 3 heterocycles. The van der Waals surface area contributed by atoms with Crippen molar-refractivity contribution in [1.29, 1.82) is 0 Å². The molecule has 0 amide bonds. The molecule has 1 aromatic carbocycles. The zero-order chi connectivity index (χ0) is 21.7. The van der Waals surface area contributed by atoms with Gasteiger partial charge in [0, 0.05) is 17.3 Å². The summed E-state index contributed by atoms with van der Waals surface area (Å²) >= 11 is 0. The summed E-state index contributed by atoms with van der Waals surface area (Å²) in [4.78, 5) is 7.79. The third-order valence-corrected chi connectivity index (χ3v) is 5.29. The molecule has 0 atom stereocenters. The lowest BCUT2D eigenvalue weighted by Crippen LogP contribution is -2.11. The molecule has 12 heteroatoms. The van der Waals surface area contributed by atoms with E-state index in [1.54, 1.807) is 6.07 Å². The molecule has 0 unspecified atom stereocenters. The average Bonchev–Trinajstić information content (AvgIpc) is 3.10. The normalized spacial score (nSPS) is 12.4. The van der Waals surface area contributed by atoms with Gasteiger partial charge in [0.25, 0.3) is 0 Å². The van der Waals surface area contributed by atoms with E-state index in [4.69, 9.17) is 10.9 Å². The summed E-state index contributed by atoms with van der Waals surface area (Å²) in [6.45, 7) is 0. The Kier molecular flexibility index (Phi) is 4.47. The SMILES string of the molecule is Nc1ncc(-c2ccc3ncc(-c4ccc(S(N)(=O)=O)cc4)n3n2)cc1C(F)(F)F. The number of rotatable bonds is 3. The van der Waals surface area contributed by atoms with Crippen molar-refractivity contribution < 1.29 is 21.6 Å². The molecule has 0 aliphatic carbocycles. The van der Waals surface area contributed by atoms with Gasteiger partial charge in [-0.1, -0.05) is 12.1 Å². The molecule has 0 saturated carbocycles. The number of hydrogen-bond donors (Lipinski definition) is 2. The summed E-state index contributed by atoms with van der Waals surface area (Å²) in [7, 11) is -3.84. The van der Waals surface area contributed by atoms with E-state index in [1.165, 1.54) is 47.2 Å². The van der Waals surface area contributed by atoms with Crippen LogP contribution in [-0.2, 0) is 16.2 Å². The van der Waals surface area contributed by atoms with Gasteiger partial charge < -0.3 is 5.73 Å². The van der Waals surface area contributed by atoms with E-state index in [0.717, 1.165) is 6.07 Å². The lowest BCUT2D eigenvalue weighted by Gasteiger charge is -2.11. The van der Waals surface area contributed by atoms with Gasteiger partial charge >= 0.3 is 6.18 Å². The minimum absolute atomic E-state index is 0.0543. The summed E-state index contributed by atoms with van der Waals surface area (Å²) in [5, 5.41) is 9.47. The number of nitrogens with zero attached hydrogens (tertiary/aromatic N) is 4. The van der Waals surface area contributed by atoms with Crippen LogP contribution in [0.1, 0.15) is 5.56 Å². The van der Waals surface area contributed by atoms with Gasteiger partial charge in [0.05, 0.1) is 28.0 Å². The highest BCUT2D eigenvalue weighted by Crippen LogP contribution is 2.35. The summed E-state index contributed by atoms with van der Waals surface area (Å²) in [5.41, 5.74) is 6.20. The highest BCUT2D eigenvalue weighted by molar-refractivity contribution is 7.89. The van der Waals surface area contributed by atoms with Gasteiger partial charge in [0.1, 0.15) is 5.82 Å². The van der Waals surface area contributed by atoms with Crippen molar-refractivity contribution in [1.82, 2.24) is 19.6 Å². The van der Waals surface area contributed by atoms with Crippen LogP contribution in [-0.4, -0.2) is 28.0 Å². The van der Waals surface area contributed by atoms with Crippen LogP contribution in [0.4, 0.5) is 19.0 Å². The number of nitrogen functional groups attached to an aromatic ring is 1. The number of primary sulfonamides is 1. The van der Waals surface area contributed by atoms with Crippen molar-refractivity contribution in [3.63, 3.8) is 0 Å². The second-order valence-electron chi connectivity index (χ2n) is 6.36. The molecule has 0 spiro atoms. The fourth-order valence-corrected chi connectivity index (χ4v) is 3.40. The van der Waals surface area contributed by atoms with Crippen molar-refractivity contribution in [3.8, 4) is 22.5 Å². The Morgan fingerprint density at radius 3 is 2.27 bits per heavy atom. The molecule has 3 aromatic heterocycles. The number of anilines is 1. The van der Waals surface area contributed by atoms with Gasteiger partial charge in [-0.05, 0) is 30.3 Å². The number of alkyl halides is 3. The Labute approximate surface area is 168 Å². The Morgan fingerprint density at radius 1 is 0.933 bits per heavy atom. The third kappa shape index (κ3) is 3.57.